The van der Waals surface area contributed by atoms with Crippen LogP contribution in [-0.4, -0.2) is 30.1 Å². The predicted molar refractivity (Wildman–Crippen MR) is 72.3 cm³/mol. The van der Waals surface area contributed by atoms with E-state index in [2.05, 4.69) is 47.6 Å². The lowest BCUT2D eigenvalue weighted by molar-refractivity contribution is 0.0608. The molecule has 2 saturated heterocycles. The van der Waals surface area contributed by atoms with E-state index in [0.717, 1.165) is 12.1 Å². The van der Waals surface area contributed by atoms with Gasteiger partial charge < -0.3 is 10.2 Å². The first-order valence-electron chi connectivity index (χ1n) is 6.86. The fraction of sp³-hybridized carbons (Fsp3) is 0.600. The molecule has 2 heterocycles. The van der Waals surface area contributed by atoms with Crippen molar-refractivity contribution in [1.82, 2.24) is 4.90 Å². The summed E-state index contributed by atoms with van der Waals surface area (Å²) in [7, 11) is 2.31. The molecule has 2 atom stereocenters. The van der Waals surface area contributed by atoms with E-state index in [0.29, 0.717) is 6.04 Å². The van der Waals surface area contributed by atoms with Crippen LogP contribution in [-0.2, 0) is 0 Å². The number of nitrogens with one attached hydrogen (secondary N) is 1. The van der Waals surface area contributed by atoms with Crippen LogP contribution in [0.2, 0.25) is 0 Å². The normalized spacial score (nSPS) is 33.4. The van der Waals surface area contributed by atoms with Crippen LogP contribution in [0.4, 0.5) is 5.69 Å². The molecule has 92 valence electrons. The topological polar surface area (TPSA) is 15.3 Å². The third-order valence-electron chi connectivity index (χ3n) is 4.48. The van der Waals surface area contributed by atoms with Crippen molar-refractivity contribution >= 4 is 5.69 Å². The van der Waals surface area contributed by atoms with E-state index < -0.39 is 0 Å². The Balaban J connectivity index is 1.66. The number of nitrogens with zero attached hydrogens (tertiary/aromatic N) is 1. The standard InChI is InChI=1S/C15H22N2/c1-17-14-8-5-9-15(17)11-13(10-14)16-12-6-3-2-4-7-12/h2-4,6-7,13-16H,5,8-11H2,1H3. The van der Waals surface area contributed by atoms with Crippen molar-refractivity contribution < 1.29 is 0 Å². The monoisotopic (exact) mass is 230 g/mol. The molecule has 2 bridgehead atoms. The lowest BCUT2D eigenvalue weighted by Gasteiger charge is -2.47. The molecular weight excluding hydrogens is 208 g/mol. The molecule has 1 aromatic carbocycles. The van der Waals surface area contributed by atoms with Crippen LogP contribution in [0, 0.1) is 0 Å². The minimum atomic E-state index is 0.670. The van der Waals surface area contributed by atoms with E-state index in [4.69, 9.17) is 0 Å². The van der Waals surface area contributed by atoms with Gasteiger partial charge in [0.15, 0.2) is 0 Å². The van der Waals surface area contributed by atoms with Gasteiger partial charge in [-0.2, -0.15) is 0 Å². The summed E-state index contributed by atoms with van der Waals surface area (Å²) < 4.78 is 0. The largest absolute Gasteiger partial charge is 0.382 e. The van der Waals surface area contributed by atoms with Crippen molar-refractivity contribution in [1.29, 1.82) is 0 Å². The number of anilines is 1. The Bertz CT molecular complexity index is 348. The number of para-hydroxylation sites is 1. The number of rotatable bonds is 2. The number of benzene rings is 1. The van der Waals surface area contributed by atoms with Gasteiger partial charge in [0.25, 0.3) is 0 Å². The van der Waals surface area contributed by atoms with Crippen LogP contribution in [0.15, 0.2) is 30.3 Å². The summed E-state index contributed by atoms with van der Waals surface area (Å²) >= 11 is 0. The minimum absolute atomic E-state index is 0.670. The average Bonchev–Trinajstić information content (AvgIpc) is 2.32. The molecular formula is C15H22N2. The molecule has 0 saturated carbocycles. The summed E-state index contributed by atoms with van der Waals surface area (Å²) in [5.74, 6) is 0. The lowest BCUT2D eigenvalue weighted by Crippen LogP contribution is -2.52. The summed E-state index contributed by atoms with van der Waals surface area (Å²) in [6.07, 6.45) is 6.82. The molecule has 0 amide bonds. The summed E-state index contributed by atoms with van der Waals surface area (Å²) in [6.45, 7) is 0. The molecule has 1 N–H and O–H groups in total. The fourth-order valence-electron chi connectivity index (χ4n) is 3.50. The first-order chi connectivity index (χ1) is 8.33. The van der Waals surface area contributed by atoms with Gasteiger partial charge in [-0.15, -0.1) is 0 Å². The van der Waals surface area contributed by atoms with Gasteiger partial charge in [-0.05, 0) is 44.9 Å². The second-order valence-electron chi connectivity index (χ2n) is 5.58. The van der Waals surface area contributed by atoms with Crippen molar-refractivity contribution in [2.24, 2.45) is 0 Å². The Morgan fingerprint density at radius 1 is 1.06 bits per heavy atom. The maximum absolute atomic E-state index is 3.70. The number of hydrogen-bond donors (Lipinski definition) is 1. The van der Waals surface area contributed by atoms with Crippen LogP contribution in [0.25, 0.3) is 0 Å². The first-order valence-corrected chi connectivity index (χ1v) is 6.86. The zero-order valence-corrected chi connectivity index (χ0v) is 10.6. The number of fused-ring (bicyclic) bond motifs is 2. The third kappa shape index (κ3) is 2.32. The van der Waals surface area contributed by atoms with Crippen molar-refractivity contribution in [2.75, 3.05) is 12.4 Å². The molecule has 0 spiro atoms. The first kappa shape index (κ1) is 11.1. The average molecular weight is 230 g/mol. The molecule has 2 unspecified atom stereocenters. The fourth-order valence-corrected chi connectivity index (χ4v) is 3.50. The molecule has 2 aliphatic heterocycles. The quantitative estimate of drug-likeness (QED) is 0.840. The Hall–Kier alpha value is -1.02. The van der Waals surface area contributed by atoms with E-state index >= 15 is 0 Å². The summed E-state index contributed by atoms with van der Waals surface area (Å²) in [6, 6.07) is 12.9. The smallest absolute Gasteiger partial charge is 0.0342 e. The van der Waals surface area contributed by atoms with E-state index in [-0.39, 0.29) is 0 Å². The van der Waals surface area contributed by atoms with E-state index in [1.165, 1.54) is 37.8 Å². The van der Waals surface area contributed by atoms with Crippen molar-refractivity contribution in [3.8, 4) is 0 Å². The highest BCUT2D eigenvalue weighted by Gasteiger charge is 2.35. The van der Waals surface area contributed by atoms with E-state index in [1.807, 2.05) is 0 Å². The molecule has 2 nitrogen and oxygen atoms in total. The third-order valence-corrected chi connectivity index (χ3v) is 4.48. The van der Waals surface area contributed by atoms with Crippen molar-refractivity contribution in [2.45, 2.75) is 50.2 Å². The molecule has 0 aliphatic carbocycles. The maximum Gasteiger partial charge on any atom is 0.0342 e. The molecule has 2 heteroatoms. The Morgan fingerprint density at radius 2 is 1.71 bits per heavy atom. The second kappa shape index (κ2) is 4.69. The van der Waals surface area contributed by atoms with Crippen LogP contribution < -0.4 is 5.32 Å². The van der Waals surface area contributed by atoms with Crippen LogP contribution in [0.5, 0.6) is 0 Å². The predicted octanol–water partition coefficient (Wildman–Crippen LogP) is 3.11. The van der Waals surface area contributed by atoms with E-state index in [1.54, 1.807) is 0 Å². The van der Waals surface area contributed by atoms with Gasteiger partial charge in [-0.25, -0.2) is 0 Å². The van der Waals surface area contributed by atoms with Crippen LogP contribution in [0.1, 0.15) is 32.1 Å². The molecule has 17 heavy (non-hydrogen) atoms. The van der Waals surface area contributed by atoms with Crippen LogP contribution >= 0.6 is 0 Å². The number of piperidine rings is 2. The van der Waals surface area contributed by atoms with E-state index in [9.17, 15) is 0 Å². The van der Waals surface area contributed by atoms with Gasteiger partial charge in [0.05, 0.1) is 0 Å². The zero-order valence-electron chi connectivity index (χ0n) is 10.6. The van der Waals surface area contributed by atoms with Gasteiger partial charge in [0, 0.05) is 23.8 Å². The number of hydrogen-bond acceptors (Lipinski definition) is 2. The molecule has 3 rings (SSSR count). The van der Waals surface area contributed by atoms with Gasteiger partial charge in [0.2, 0.25) is 0 Å². The highest BCUT2D eigenvalue weighted by Crippen LogP contribution is 2.33. The van der Waals surface area contributed by atoms with Crippen LogP contribution in [0.3, 0.4) is 0 Å². The lowest BCUT2D eigenvalue weighted by atomic mass is 9.82. The Labute approximate surface area is 104 Å². The summed E-state index contributed by atoms with van der Waals surface area (Å²) in [4.78, 5) is 2.62. The second-order valence-corrected chi connectivity index (χ2v) is 5.58. The summed E-state index contributed by atoms with van der Waals surface area (Å²) in [5.41, 5.74) is 1.28. The molecule has 0 radical (unpaired) electrons. The van der Waals surface area contributed by atoms with Gasteiger partial charge >= 0.3 is 0 Å². The highest BCUT2D eigenvalue weighted by atomic mass is 15.2. The zero-order chi connectivity index (χ0) is 11.7. The molecule has 1 aromatic rings. The summed E-state index contributed by atoms with van der Waals surface area (Å²) in [5, 5.41) is 3.70. The van der Waals surface area contributed by atoms with Gasteiger partial charge in [-0.3, -0.25) is 0 Å². The molecule has 2 aliphatic rings. The Kier molecular flexibility index (Phi) is 3.06. The minimum Gasteiger partial charge on any atom is -0.382 e. The van der Waals surface area contributed by atoms with Gasteiger partial charge in [-0.1, -0.05) is 24.6 Å². The highest BCUT2D eigenvalue weighted by molar-refractivity contribution is 5.43. The SMILES string of the molecule is CN1C2CCCC1CC(Nc1ccccc1)C2. The molecule has 2 fully saturated rings. The Morgan fingerprint density at radius 3 is 2.35 bits per heavy atom. The van der Waals surface area contributed by atoms with Gasteiger partial charge in [0.1, 0.15) is 0 Å². The maximum atomic E-state index is 3.70. The van der Waals surface area contributed by atoms with Crippen molar-refractivity contribution in [3.05, 3.63) is 30.3 Å². The molecule has 0 aromatic heterocycles. The van der Waals surface area contributed by atoms with Crippen molar-refractivity contribution in [3.63, 3.8) is 0 Å².